The van der Waals surface area contributed by atoms with E-state index in [1.54, 1.807) is 0 Å². The maximum Gasteiger partial charge on any atom is 0 e. The molecule has 0 atom stereocenters. The van der Waals surface area contributed by atoms with E-state index in [0.717, 1.165) is 22.5 Å². The van der Waals surface area contributed by atoms with Gasteiger partial charge in [0, 0.05) is 31.0 Å². The summed E-state index contributed by atoms with van der Waals surface area (Å²) in [5.74, 6) is 7.14. The van der Waals surface area contributed by atoms with Crippen LogP contribution >= 0.6 is 11.3 Å². The van der Waals surface area contributed by atoms with Gasteiger partial charge in [-0.25, -0.2) is 0 Å². The van der Waals surface area contributed by atoms with Gasteiger partial charge in [0.05, 0.1) is 0 Å². The SMILES string of the molecule is Cc1ccnc(-c2[c-]ccc3c2sc2cc(-c4ccc(C)c(C)c4)ccc23)c1.[CH3][Ge]([CH3])([CH3])[c]1ccc(-c2[c-]cccc2)nc1.[Ir]. The topological polar surface area (TPSA) is 25.8 Å². The molecular weight excluding hydrogens is 805 g/mol. The summed E-state index contributed by atoms with van der Waals surface area (Å²) < 4.78 is 4.01. The Kier molecular flexibility index (Phi) is 10.2. The number of hydrogen-bond acceptors (Lipinski definition) is 3. The Labute approximate surface area is 287 Å². The number of rotatable bonds is 4. The van der Waals surface area contributed by atoms with Gasteiger partial charge in [-0.1, -0.05) is 47.3 Å². The van der Waals surface area contributed by atoms with E-state index in [1.165, 1.54) is 52.4 Å². The largest absolute Gasteiger partial charge is 0 e. The third-order valence-corrected chi connectivity index (χ3v) is 13.5. The molecular formula is C40H36GeIrN2S-2. The summed E-state index contributed by atoms with van der Waals surface area (Å²) in [6.07, 6.45) is 3.92. The number of hydrogen-bond donors (Lipinski definition) is 0. The van der Waals surface area contributed by atoms with Crippen LogP contribution in [0.4, 0.5) is 0 Å². The fourth-order valence-corrected chi connectivity index (χ4v) is 8.67. The number of benzene rings is 4. The Morgan fingerprint density at radius 3 is 2.16 bits per heavy atom. The molecule has 0 spiro atoms. The number of aromatic nitrogens is 2. The molecule has 0 unspecified atom stereocenters. The average molecular weight is 842 g/mol. The normalized spacial score (nSPS) is 11.2. The Morgan fingerprint density at radius 1 is 0.667 bits per heavy atom. The van der Waals surface area contributed by atoms with Gasteiger partial charge in [-0.3, -0.25) is 0 Å². The quantitative estimate of drug-likeness (QED) is 0.130. The molecule has 5 heteroatoms. The molecule has 3 heterocycles. The van der Waals surface area contributed by atoms with Crippen LogP contribution in [-0.2, 0) is 20.1 Å². The van der Waals surface area contributed by atoms with Gasteiger partial charge in [-0.15, -0.1) is 23.8 Å². The molecule has 45 heavy (non-hydrogen) atoms. The molecule has 227 valence electrons. The zero-order valence-corrected chi connectivity index (χ0v) is 31.8. The Hall–Kier alpha value is -3.41. The Balaban J connectivity index is 0.000000202. The summed E-state index contributed by atoms with van der Waals surface area (Å²) in [6.45, 7) is 6.44. The average Bonchev–Trinajstić information content (AvgIpc) is 3.41. The molecule has 7 rings (SSSR count). The van der Waals surface area contributed by atoms with Crippen molar-refractivity contribution in [3.63, 3.8) is 0 Å². The third-order valence-electron chi connectivity index (χ3n) is 8.06. The molecule has 0 aliphatic heterocycles. The summed E-state index contributed by atoms with van der Waals surface area (Å²) in [6, 6.07) is 40.8. The van der Waals surface area contributed by atoms with E-state index < -0.39 is 13.3 Å². The molecule has 7 aromatic rings. The van der Waals surface area contributed by atoms with Gasteiger partial charge in [0.15, 0.2) is 0 Å². The molecule has 0 saturated carbocycles. The summed E-state index contributed by atoms with van der Waals surface area (Å²) in [5, 5.41) is 2.58. The van der Waals surface area contributed by atoms with Gasteiger partial charge in [-0.05, 0) is 70.9 Å². The molecule has 0 fully saturated rings. The minimum Gasteiger partial charge on any atom is 0 e. The van der Waals surface area contributed by atoms with Crippen LogP contribution in [0.1, 0.15) is 16.7 Å². The van der Waals surface area contributed by atoms with Crippen LogP contribution in [-0.4, -0.2) is 23.2 Å². The van der Waals surface area contributed by atoms with Gasteiger partial charge < -0.3 is 4.98 Å². The monoisotopic (exact) mass is 843 g/mol. The number of pyridine rings is 2. The Morgan fingerprint density at radius 2 is 1.47 bits per heavy atom. The Bertz CT molecular complexity index is 2080. The van der Waals surface area contributed by atoms with E-state index in [1.807, 2.05) is 60.1 Å². The summed E-state index contributed by atoms with van der Waals surface area (Å²) in [7, 11) is 0. The van der Waals surface area contributed by atoms with Gasteiger partial charge in [0.25, 0.3) is 0 Å². The number of nitrogens with zero attached hydrogens (tertiary/aromatic N) is 2. The predicted octanol–water partition coefficient (Wildman–Crippen LogP) is 10.6. The van der Waals surface area contributed by atoms with Gasteiger partial charge in [-0.2, -0.15) is 11.3 Å². The fourth-order valence-electron chi connectivity index (χ4n) is 5.25. The summed E-state index contributed by atoms with van der Waals surface area (Å²) in [4.78, 5) is 9.12. The van der Waals surface area contributed by atoms with E-state index in [2.05, 4.69) is 121 Å². The van der Waals surface area contributed by atoms with Crippen molar-refractivity contribution < 1.29 is 20.1 Å². The minimum absolute atomic E-state index is 0. The molecule has 1 radical (unpaired) electrons. The van der Waals surface area contributed by atoms with E-state index in [0.29, 0.717) is 0 Å². The zero-order valence-electron chi connectivity index (χ0n) is 26.5. The fraction of sp³-hybridized carbons (Fsp3) is 0.150. The van der Waals surface area contributed by atoms with Crippen molar-refractivity contribution >= 4 is 49.2 Å². The van der Waals surface area contributed by atoms with Crippen molar-refractivity contribution in [2.24, 2.45) is 0 Å². The van der Waals surface area contributed by atoms with Gasteiger partial charge in [0.2, 0.25) is 0 Å². The first-order valence-corrected chi connectivity index (χ1v) is 23.1. The van der Waals surface area contributed by atoms with Crippen LogP contribution in [0.3, 0.4) is 0 Å². The second-order valence-corrected chi connectivity index (χ2v) is 24.1. The second-order valence-electron chi connectivity index (χ2n) is 12.4. The molecule has 0 saturated heterocycles. The smallest absolute Gasteiger partial charge is 0 e. The van der Waals surface area contributed by atoms with E-state index in [4.69, 9.17) is 0 Å². The van der Waals surface area contributed by atoms with E-state index in [-0.39, 0.29) is 20.1 Å². The van der Waals surface area contributed by atoms with Crippen LogP contribution in [0.5, 0.6) is 0 Å². The molecule has 0 bridgehead atoms. The first kappa shape index (κ1) is 33.0. The molecule has 4 aromatic carbocycles. The maximum absolute atomic E-state index is 4.59. The van der Waals surface area contributed by atoms with E-state index >= 15 is 0 Å². The molecule has 0 amide bonds. The van der Waals surface area contributed by atoms with Crippen molar-refractivity contribution in [3.8, 4) is 33.6 Å². The van der Waals surface area contributed by atoms with Crippen LogP contribution < -0.4 is 4.40 Å². The molecule has 0 aliphatic rings. The van der Waals surface area contributed by atoms with Crippen LogP contribution in [0.25, 0.3) is 53.8 Å². The molecule has 2 nitrogen and oxygen atoms in total. The van der Waals surface area contributed by atoms with Crippen molar-refractivity contribution in [1.29, 1.82) is 0 Å². The van der Waals surface area contributed by atoms with Crippen molar-refractivity contribution in [1.82, 2.24) is 9.97 Å². The van der Waals surface area contributed by atoms with Crippen molar-refractivity contribution in [3.05, 3.63) is 138 Å². The van der Waals surface area contributed by atoms with Crippen molar-refractivity contribution in [2.45, 2.75) is 38.0 Å². The van der Waals surface area contributed by atoms with E-state index in [9.17, 15) is 0 Å². The maximum atomic E-state index is 4.59. The first-order valence-electron chi connectivity index (χ1n) is 15.0. The van der Waals surface area contributed by atoms with Crippen molar-refractivity contribution in [2.75, 3.05) is 0 Å². The second kappa shape index (κ2) is 13.9. The predicted molar refractivity (Wildman–Crippen MR) is 193 cm³/mol. The summed E-state index contributed by atoms with van der Waals surface area (Å²) in [5.41, 5.74) is 10.6. The number of aryl methyl sites for hydroxylation is 3. The molecule has 0 aliphatic carbocycles. The molecule has 3 aromatic heterocycles. The van der Waals surface area contributed by atoms with Crippen LogP contribution in [0.15, 0.2) is 109 Å². The zero-order chi connectivity index (χ0) is 30.8. The van der Waals surface area contributed by atoms with Crippen LogP contribution in [0.2, 0.25) is 17.3 Å². The third kappa shape index (κ3) is 7.37. The standard InChI is InChI=1S/C26H20NS.C14H16GeN.Ir/c1-16-11-12-27-24(13-16)23-6-4-5-22-21-10-9-20(15-25(21)28-26(22)23)19-8-7-17(2)18(3)14-19;1-15(2,3)13-9-10-14(16-11-13)12-7-5-4-6-8-12;/h4-5,7-15H,1-3H3;4-7,9-11H,1-3H3;/q2*-1;. The number of thiophene rings is 1. The minimum atomic E-state index is -1.72. The number of fused-ring (bicyclic) bond motifs is 3. The van der Waals surface area contributed by atoms with Gasteiger partial charge in [0.1, 0.15) is 0 Å². The first-order chi connectivity index (χ1) is 21.2. The molecule has 0 N–H and O–H groups in total. The summed E-state index contributed by atoms with van der Waals surface area (Å²) >= 11 is 0.118. The van der Waals surface area contributed by atoms with Gasteiger partial charge >= 0.3 is 99.8 Å². The van der Waals surface area contributed by atoms with Crippen LogP contribution in [0, 0.1) is 32.9 Å².